The third kappa shape index (κ3) is 1.59. The van der Waals surface area contributed by atoms with Gasteiger partial charge in [0.25, 0.3) is 0 Å². The maximum atomic E-state index is 6.20. The lowest BCUT2D eigenvalue weighted by molar-refractivity contribution is 0.669. The number of aromatic nitrogens is 1. The molecule has 1 aliphatic rings. The van der Waals surface area contributed by atoms with E-state index < -0.39 is 8.07 Å². The molecule has 0 saturated carbocycles. The zero-order valence-electron chi connectivity index (χ0n) is 14.7. The molecule has 124 valence electrons. The van der Waals surface area contributed by atoms with E-state index in [9.17, 15) is 0 Å². The summed E-state index contributed by atoms with van der Waals surface area (Å²) in [4.78, 5) is 4.97. The number of benzene rings is 3. The molecule has 2 aromatic heterocycles. The van der Waals surface area contributed by atoms with Crippen LogP contribution in [0.5, 0.6) is 0 Å². The first-order valence-corrected chi connectivity index (χ1v) is 12.0. The van der Waals surface area contributed by atoms with E-state index in [1.165, 1.54) is 37.5 Å². The largest absolute Gasteiger partial charge is 0.456 e. The Kier molecular flexibility index (Phi) is 2.54. The van der Waals surface area contributed by atoms with Crippen LogP contribution in [0.25, 0.3) is 44.0 Å². The molecule has 3 aromatic carbocycles. The first kappa shape index (κ1) is 14.3. The van der Waals surface area contributed by atoms with Crippen molar-refractivity contribution in [3.8, 4) is 11.3 Å². The van der Waals surface area contributed by atoms with Gasteiger partial charge in [0.2, 0.25) is 0 Å². The molecule has 0 fully saturated rings. The normalized spacial score (nSPS) is 14.8. The number of pyridine rings is 1. The number of nitrogens with zero attached hydrogens (tertiary/aromatic N) is 1. The van der Waals surface area contributed by atoms with E-state index in [-0.39, 0.29) is 0 Å². The highest BCUT2D eigenvalue weighted by molar-refractivity contribution is 7.04. The minimum absolute atomic E-state index is 0.956. The molecule has 1 aliphatic heterocycles. The fraction of sp³-hybridized carbons (Fsp3) is 0.0870. The van der Waals surface area contributed by atoms with Crippen LogP contribution in [-0.2, 0) is 0 Å². The maximum absolute atomic E-state index is 6.20. The molecule has 0 radical (unpaired) electrons. The lowest BCUT2D eigenvalue weighted by atomic mass is 10.0. The highest BCUT2D eigenvalue weighted by atomic mass is 28.3. The van der Waals surface area contributed by atoms with Crippen molar-refractivity contribution in [2.24, 2.45) is 0 Å². The summed E-state index contributed by atoms with van der Waals surface area (Å²) in [6, 6.07) is 21.5. The third-order valence-corrected chi connectivity index (χ3v) is 9.39. The Morgan fingerprint density at radius 3 is 2.46 bits per heavy atom. The first-order chi connectivity index (χ1) is 12.7. The fourth-order valence-electron chi connectivity index (χ4n) is 4.72. The molecule has 3 heterocycles. The van der Waals surface area contributed by atoms with Gasteiger partial charge in [0.1, 0.15) is 19.2 Å². The van der Waals surface area contributed by atoms with Gasteiger partial charge in [-0.3, -0.25) is 4.98 Å². The fourth-order valence-corrected chi connectivity index (χ4v) is 8.07. The van der Waals surface area contributed by atoms with Gasteiger partial charge in [0, 0.05) is 22.5 Å². The van der Waals surface area contributed by atoms with E-state index in [1.54, 1.807) is 0 Å². The Labute approximate surface area is 152 Å². The Balaban J connectivity index is 1.96. The molecule has 0 N–H and O–H groups in total. The van der Waals surface area contributed by atoms with Gasteiger partial charge < -0.3 is 4.42 Å². The minimum Gasteiger partial charge on any atom is -0.456 e. The summed E-state index contributed by atoms with van der Waals surface area (Å²) in [6.07, 6.45) is 2.02. The molecule has 3 heteroatoms. The van der Waals surface area contributed by atoms with E-state index in [0.717, 1.165) is 16.9 Å². The Bertz CT molecular complexity index is 1360. The predicted octanol–water partition coefficient (Wildman–Crippen LogP) is 4.94. The molecule has 6 rings (SSSR count). The van der Waals surface area contributed by atoms with Crippen LogP contribution in [0.4, 0.5) is 0 Å². The summed E-state index contributed by atoms with van der Waals surface area (Å²) in [7, 11) is -1.98. The van der Waals surface area contributed by atoms with Crippen molar-refractivity contribution in [1.82, 2.24) is 4.98 Å². The van der Waals surface area contributed by atoms with Gasteiger partial charge >= 0.3 is 0 Å². The second-order valence-electron chi connectivity index (χ2n) is 7.65. The van der Waals surface area contributed by atoms with Gasteiger partial charge in [-0.25, -0.2) is 0 Å². The predicted molar refractivity (Wildman–Crippen MR) is 111 cm³/mol. The summed E-state index contributed by atoms with van der Waals surface area (Å²) in [5.74, 6) is 0. The van der Waals surface area contributed by atoms with Crippen molar-refractivity contribution in [1.29, 1.82) is 0 Å². The van der Waals surface area contributed by atoms with Gasteiger partial charge in [-0.2, -0.15) is 0 Å². The van der Waals surface area contributed by atoms with Crippen LogP contribution in [0.2, 0.25) is 13.1 Å². The van der Waals surface area contributed by atoms with Crippen LogP contribution >= 0.6 is 0 Å². The molecule has 0 bridgehead atoms. The molecule has 0 unspecified atom stereocenters. The Morgan fingerprint density at radius 2 is 1.58 bits per heavy atom. The van der Waals surface area contributed by atoms with Crippen molar-refractivity contribution in [2.75, 3.05) is 0 Å². The van der Waals surface area contributed by atoms with E-state index in [0.29, 0.717) is 0 Å². The van der Waals surface area contributed by atoms with Crippen molar-refractivity contribution >= 4 is 51.2 Å². The second kappa shape index (κ2) is 4.62. The van der Waals surface area contributed by atoms with Gasteiger partial charge in [0.15, 0.2) is 0 Å². The quantitative estimate of drug-likeness (QED) is 0.369. The van der Waals surface area contributed by atoms with E-state index in [1.807, 2.05) is 6.20 Å². The molecule has 26 heavy (non-hydrogen) atoms. The minimum atomic E-state index is -1.98. The van der Waals surface area contributed by atoms with Crippen molar-refractivity contribution in [2.45, 2.75) is 13.1 Å². The van der Waals surface area contributed by atoms with Crippen molar-refractivity contribution in [3.63, 3.8) is 0 Å². The number of furan rings is 1. The molecule has 0 amide bonds. The highest BCUT2D eigenvalue weighted by Gasteiger charge is 2.37. The molecule has 5 aromatic rings. The van der Waals surface area contributed by atoms with Crippen LogP contribution in [-0.4, -0.2) is 13.1 Å². The lowest BCUT2D eigenvalue weighted by Gasteiger charge is -2.26. The van der Waals surface area contributed by atoms with Crippen molar-refractivity contribution in [3.05, 3.63) is 66.9 Å². The molecular weight excluding hydrogens is 334 g/mol. The van der Waals surface area contributed by atoms with Crippen LogP contribution < -0.4 is 10.4 Å². The average molecular weight is 351 g/mol. The summed E-state index contributed by atoms with van der Waals surface area (Å²) in [5, 5.41) is 7.95. The van der Waals surface area contributed by atoms with Gasteiger partial charge in [0.05, 0.1) is 5.69 Å². The topological polar surface area (TPSA) is 26.0 Å². The van der Waals surface area contributed by atoms with Crippen LogP contribution in [0.15, 0.2) is 71.3 Å². The lowest BCUT2D eigenvalue weighted by Crippen LogP contribution is -2.53. The smallest absolute Gasteiger partial charge is 0.136 e. The Morgan fingerprint density at radius 1 is 0.808 bits per heavy atom. The maximum Gasteiger partial charge on any atom is 0.136 e. The molecule has 0 spiro atoms. The first-order valence-electron chi connectivity index (χ1n) is 8.99. The number of fused-ring (bicyclic) bond motifs is 4. The molecule has 0 saturated heterocycles. The number of hydrogen-bond donors (Lipinski definition) is 0. The number of rotatable bonds is 0. The van der Waals surface area contributed by atoms with E-state index >= 15 is 0 Å². The zero-order chi connectivity index (χ0) is 17.5. The van der Waals surface area contributed by atoms with Gasteiger partial charge in [-0.05, 0) is 33.3 Å². The third-order valence-electron chi connectivity index (χ3n) is 5.88. The van der Waals surface area contributed by atoms with Gasteiger partial charge in [-0.1, -0.05) is 61.6 Å². The zero-order valence-corrected chi connectivity index (χ0v) is 15.7. The Hall–Kier alpha value is -2.91. The van der Waals surface area contributed by atoms with Crippen LogP contribution in [0.3, 0.4) is 0 Å². The monoisotopic (exact) mass is 351 g/mol. The van der Waals surface area contributed by atoms with Gasteiger partial charge in [-0.15, -0.1) is 0 Å². The standard InChI is InChI=1S/C23H17NOSi/c1-26(2)19-12-6-11-18-21(19)20-16(9-5-10-17(20)25-18)22-23(26)15-8-4-3-7-14(15)13-24-22/h3-13H,1-2H3. The molecule has 0 aliphatic carbocycles. The highest BCUT2D eigenvalue weighted by Crippen LogP contribution is 2.39. The van der Waals surface area contributed by atoms with E-state index in [2.05, 4.69) is 73.8 Å². The van der Waals surface area contributed by atoms with Crippen LogP contribution in [0, 0.1) is 0 Å². The summed E-state index contributed by atoms with van der Waals surface area (Å²) >= 11 is 0. The molecule has 2 nitrogen and oxygen atoms in total. The summed E-state index contributed by atoms with van der Waals surface area (Å²) in [5.41, 5.74) is 4.28. The molecule has 0 atom stereocenters. The van der Waals surface area contributed by atoms with Crippen molar-refractivity contribution < 1.29 is 4.42 Å². The van der Waals surface area contributed by atoms with Crippen LogP contribution in [0.1, 0.15) is 0 Å². The molecular formula is C23H17NOSi. The summed E-state index contributed by atoms with van der Waals surface area (Å²) in [6.45, 7) is 4.89. The number of hydrogen-bond acceptors (Lipinski definition) is 2. The second-order valence-corrected chi connectivity index (χ2v) is 11.9. The SMILES string of the molecule is C[Si]1(C)c2c(ncc3ccccc23)-c2cccc3oc4cccc1c4c23. The van der Waals surface area contributed by atoms with E-state index in [4.69, 9.17) is 9.40 Å². The summed E-state index contributed by atoms with van der Waals surface area (Å²) < 4.78 is 6.20. The average Bonchev–Trinajstić information content (AvgIpc) is 3.01.